The lowest BCUT2D eigenvalue weighted by molar-refractivity contribution is -0.384. The first kappa shape index (κ1) is 21.2. The molecule has 1 heterocycles. The van der Waals surface area contributed by atoms with Crippen molar-refractivity contribution in [2.45, 2.75) is 19.4 Å². The molecule has 0 spiro atoms. The SMILES string of the molecule is Cc1ccc([N+](=O)[O-])cc1NC(=O)CN1C(=O)NC(C)(c2ccc(F)cc2Cl)C1=O. The molecule has 9 nitrogen and oxygen atoms in total. The molecular weight excluding hydrogens is 419 g/mol. The van der Waals surface area contributed by atoms with E-state index in [4.69, 9.17) is 11.6 Å². The molecule has 1 aliphatic heterocycles. The van der Waals surface area contributed by atoms with Gasteiger partial charge in [0.15, 0.2) is 0 Å². The van der Waals surface area contributed by atoms with Gasteiger partial charge in [0.05, 0.1) is 10.6 Å². The molecule has 0 radical (unpaired) electrons. The fourth-order valence-corrected chi connectivity index (χ4v) is 3.47. The second-order valence-electron chi connectivity index (χ2n) is 6.88. The third kappa shape index (κ3) is 3.81. The number of urea groups is 1. The Morgan fingerprint density at radius 1 is 1.30 bits per heavy atom. The Bertz CT molecular complexity index is 1090. The smallest absolute Gasteiger partial charge is 0.324 e. The topological polar surface area (TPSA) is 122 Å². The second kappa shape index (κ2) is 7.71. The summed E-state index contributed by atoms with van der Waals surface area (Å²) in [6.07, 6.45) is 0. The van der Waals surface area contributed by atoms with E-state index in [0.29, 0.717) is 10.5 Å². The van der Waals surface area contributed by atoms with Crippen LogP contribution in [0.15, 0.2) is 36.4 Å². The number of anilines is 1. The monoisotopic (exact) mass is 434 g/mol. The number of nitro groups is 1. The molecule has 156 valence electrons. The highest BCUT2D eigenvalue weighted by molar-refractivity contribution is 6.32. The summed E-state index contributed by atoms with van der Waals surface area (Å²) in [5, 5.41) is 15.8. The number of nitrogens with one attached hydrogen (secondary N) is 2. The quantitative estimate of drug-likeness (QED) is 0.425. The Hall–Kier alpha value is -3.53. The zero-order valence-corrected chi connectivity index (χ0v) is 16.6. The van der Waals surface area contributed by atoms with Crippen molar-refractivity contribution in [1.82, 2.24) is 10.2 Å². The molecule has 4 amide bonds. The van der Waals surface area contributed by atoms with Gasteiger partial charge in [-0.25, -0.2) is 9.18 Å². The summed E-state index contributed by atoms with van der Waals surface area (Å²) in [7, 11) is 0. The van der Waals surface area contributed by atoms with E-state index in [1.54, 1.807) is 6.92 Å². The van der Waals surface area contributed by atoms with Gasteiger partial charge in [-0.3, -0.25) is 24.6 Å². The van der Waals surface area contributed by atoms with Crippen LogP contribution in [0.4, 0.5) is 20.6 Å². The number of amides is 4. The van der Waals surface area contributed by atoms with Gasteiger partial charge in [0.25, 0.3) is 11.6 Å². The summed E-state index contributed by atoms with van der Waals surface area (Å²) in [6.45, 7) is 2.41. The third-order valence-corrected chi connectivity index (χ3v) is 5.07. The lowest BCUT2D eigenvalue weighted by Gasteiger charge is -2.23. The maximum Gasteiger partial charge on any atom is 0.325 e. The molecule has 1 unspecified atom stereocenters. The first-order chi connectivity index (χ1) is 14.0. The molecule has 0 saturated carbocycles. The summed E-state index contributed by atoms with van der Waals surface area (Å²) in [5.41, 5.74) is -0.866. The molecule has 1 fully saturated rings. The van der Waals surface area contributed by atoms with E-state index in [9.17, 15) is 28.9 Å². The Kier molecular flexibility index (Phi) is 5.45. The lowest BCUT2D eigenvalue weighted by Crippen LogP contribution is -2.42. The van der Waals surface area contributed by atoms with Crippen molar-refractivity contribution in [3.05, 3.63) is 68.5 Å². The molecule has 0 bridgehead atoms. The van der Waals surface area contributed by atoms with Gasteiger partial charge in [-0.2, -0.15) is 0 Å². The second-order valence-corrected chi connectivity index (χ2v) is 7.28. The predicted octanol–water partition coefficient (Wildman–Crippen LogP) is 3.10. The van der Waals surface area contributed by atoms with Crippen LogP contribution in [0.25, 0.3) is 0 Å². The number of hydrogen-bond donors (Lipinski definition) is 2. The number of benzene rings is 2. The van der Waals surface area contributed by atoms with Gasteiger partial charge in [-0.15, -0.1) is 0 Å². The number of imide groups is 1. The number of hydrogen-bond acceptors (Lipinski definition) is 5. The number of nitro benzene ring substituents is 1. The molecule has 2 N–H and O–H groups in total. The molecule has 0 aromatic heterocycles. The van der Waals surface area contributed by atoms with E-state index < -0.39 is 40.7 Å². The number of carbonyl (C=O) groups excluding carboxylic acids is 3. The predicted molar refractivity (Wildman–Crippen MR) is 105 cm³/mol. The van der Waals surface area contributed by atoms with Crippen LogP contribution in [0.1, 0.15) is 18.1 Å². The first-order valence-electron chi connectivity index (χ1n) is 8.67. The average molecular weight is 435 g/mol. The molecule has 2 aromatic rings. The zero-order chi connectivity index (χ0) is 22.2. The Morgan fingerprint density at radius 2 is 2.00 bits per heavy atom. The number of halogens is 2. The fraction of sp³-hybridized carbons (Fsp3) is 0.211. The van der Waals surface area contributed by atoms with Crippen LogP contribution in [0, 0.1) is 22.9 Å². The molecular formula is C19H16ClFN4O5. The maximum atomic E-state index is 13.3. The van der Waals surface area contributed by atoms with Gasteiger partial charge >= 0.3 is 6.03 Å². The van der Waals surface area contributed by atoms with Gasteiger partial charge in [0.1, 0.15) is 17.9 Å². The minimum Gasteiger partial charge on any atom is -0.324 e. The van der Waals surface area contributed by atoms with Crippen molar-refractivity contribution in [2.24, 2.45) is 0 Å². The summed E-state index contributed by atoms with van der Waals surface area (Å²) < 4.78 is 13.3. The average Bonchev–Trinajstić information content (AvgIpc) is 2.87. The number of non-ortho nitro benzene ring substituents is 1. The largest absolute Gasteiger partial charge is 0.325 e. The van der Waals surface area contributed by atoms with Crippen LogP contribution in [0.5, 0.6) is 0 Å². The molecule has 11 heteroatoms. The molecule has 30 heavy (non-hydrogen) atoms. The lowest BCUT2D eigenvalue weighted by atomic mass is 9.92. The molecule has 1 aliphatic rings. The van der Waals surface area contributed by atoms with Gasteiger partial charge in [-0.05, 0) is 31.5 Å². The molecule has 0 aliphatic carbocycles. The molecule has 3 rings (SSSR count). The van der Waals surface area contributed by atoms with E-state index in [0.717, 1.165) is 12.1 Å². The number of rotatable bonds is 5. The molecule has 1 saturated heterocycles. The van der Waals surface area contributed by atoms with E-state index in [-0.39, 0.29) is 22.0 Å². The van der Waals surface area contributed by atoms with Crippen LogP contribution in [-0.2, 0) is 15.1 Å². The van der Waals surface area contributed by atoms with E-state index in [1.807, 2.05) is 0 Å². The van der Waals surface area contributed by atoms with Crippen molar-refractivity contribution in [3.63, 3.8) is 0 Å². The van der Waals surface area contributed by atoms with Crippen LogP contribution in [-0.4, -0.2) is 34.2 Å². The summed E-state index contributed by atoms with van der Waals surface area (Å²) in [5.74, 6) is -2.07. The van der Waals surface area contributed by atoms with Crippen molar-refractivity contribution in [1.29, 1.82) is 0 Å². The van der Waals surface area contributed by atoms with Crippen molar-refractivity contribution in [3.8, 4) is 0 Å². The number of nitrogens with zero attached hydrogens (tertiary/aromatic N) is 2. The minimum absolute atomic E-state index is 0.0512. The van der Waals surface area contributed by atoms with Crippen molar-refractivity contribution < 1.29 is 23.7 Å². The van der Waals surface area contributed by atoms with E-state index in [1.165, 1.54) is 31.2 Å². The normalized spacial score (nSPS) is 18.3. The van der Waals surface area contributed by atoms with Crippen molar-refractivity contribution in [2.75, 3.05) is 11.9 Å². The van der Waals surface area contributed by atoms with Gasteiger partial charge in [-0.1, -0.05) is 23.7 Å². The Labute approximate surface area is 175 Å². The maximum absolute atomic E-state index is 13.3. The van der Waals surface area contributed by atoms with Crippen molar-refractivity contribution >= 4 is 40.8 Å². The van der Waals surface area contributed by atoms with E-state index >= 15 is 0 Å². The minimum atomic E-state index is -1.58. The highest BCUT2D eigenvalue weighted by atomic mass is 35.5. The van der Waals surface area contributed by atoms with Gasteiger partial charge < -0.3 is 10.6 Å². The molecule has 2 aromatic carbocycles. The summed E-state index contributed by atoms with van der Waals surface area (Å²) in [6, 6.07) is 6.52. The Morgan fingerprint density at radius 3 is 2.63 bits per heavy atom. The van der Waals surface area contributed by atoms with Gasteiger partial charge in [0.2, 0.25) is 5.91 Å². The van der Waals surface area contributed by atoms with Crippen LogP contribution >= 0.6 is 11.6 Å². The van der Waals surface area contributed by atoms with Crippen LogP contribution < -0.4 is 10.6 Å². The highest BCUT2D eigenvalue weighted by Gasteiger charge is 2.50. The van der Waals surface area contributed by atoms with Crippen LogP contribution in [0.3, 0.4) is 0 Å². The zero-order valence-electron chi connectivity index (χ0n) is 15.9. The van der Waals surface area contributed by atoms with Gasteiger partial charge in [0, 0.05) is 22.7 Å². The summed E-state index contributed by atoms with van der Waals surface area (Å²) in [4.78, 5) is 48.7. The van der Waals surface area contributed by atoms with E-state index in [2.05, 4.69) is 10.6 Å². The highest BCUT2D eigenvalue weighted by Crippen LogP contribution is 2.34. The first-order valence-corrected chi connectivity index (χ1v) is 9.05. The number of carbonyl (C=O) groups is 3. The van der Waals surface area contributed by atoms with Crippen LogP contribution in [0.2, 0.25) is 5.02 Å². The third-order valence-electron chi connectivity index (χ3n) is 4.75. The summed E-state index contributed by atoms with van der Waals surface area (Å²) >= 11 is 6.03. The Balaban J connectivity index is 1.80. The molecule has 1 atom stereocenters. The fourth-order valence-electron chi connectivity index (χ4n) is 3.11. The standard InChI is InChI=1S/C19H16ClFN4O5/c1-10-3-5-12(25(29)30)8-15(10)22-16(26)9-24-17(27)19(2,23-18(24)28)13-6-4-11(21)7-14(13)20/h3-8H,9H2,1-2H3,(H,22,26)(H,23,28). The number of aryl methyl sites for hydroxylation is 1.